The van der Waals surface area contributed by atoms with Gasteiger partial charge in [-0.2, -0.15) is 5.10 Å². The summed E-state index contributed by atoms with van der Waals surface area (Å²) >= 11 is 0. The summed E-state index contributed by atoms with van der Waals surface area (Å²) in [4.78, 5) is 4.23. The third-order valence-corrected chi connectivity index (χ3v) is 5.87. The average Bonchev–Trinajstić information content (AvgIpc) is 2.56. The van der Waals surface area contributed by atoms with E-state index in [1.165, 1.54) is 5.30 Å². The Morgan fingerprint density at radius 2 is 2.12 bits per heavy atom. The number of rotatable bonds is 1. The Morgan fingerprint density at radius 3 is 2.81 bits per heavy atom. The maximum absolute atomic E-state index is 12.8. The van der Waals surface area contributed by atoms with Gasteiger partial charge in [0.05, 0.1) is 5.69 Å². The predicted molar refractivity (Wildman–Crippen MR) is 58.0 cm³/mol. The molecule has 2 aliphatic rings. The summed E-state index contributed by atoms with van der Waals surface area (Å²) in [5.74, 6) is -2.45. The summed E-state index contributed by atoms with van der Waals surface area (Å²) in [7, 11) is -0.752. The molecule has 1 heterocycles. The van der Waals surface area contributed by atoms with Gasteiger partial charge in [0, 0.05) is 44.0 Å². The lowest BCUT2D eigenvalue weighted by atomic mass is 9.94. The number of halogens is 2. The molecule has 0 saturated heterocycles. The molecule has 3 nitrogen and oxygen atoms in total. The first-order valence-corrected chi connectivity index (χ1v) is 6.98. The van der Waals surface area contributed by atoms with Crippen molar-refractivity contribution in [1.82, 2.24) is 9.96 Å². The molecule has 88 valence electrons. The molecule has 0 aromatic carbocycles. The van der Waals surface area contributed by atoms with Crippen LogP contribution >= 0.6 is 7.69 Å². The standard InChI is InChI=1S/C10H14F2N3P/c11-10(12)4-7(5-10)16-9-2-1-6(13)3-8(9)14-15-16/h6-7H,1-5,13H2. The van der Waals surface area contributed by atoms with E-state index in [2.05, 4.69) is 9.96 Å². The summed E-state index contributed by atoms with van der Waals surface area (Å²) in [6.45, 7) is 0. The van der Waals surface area contributed by atoms with Crippen LogP contribution in [0.4, 0.5) is 8.78 Å². The van der Waals surface area contributed by atoms with Gasteiger partial charge in [0.1, 0.15) is 0 Å². The summed E-state index contributed by atoms with van der Waals surface area (Å²) in [5, 5.41) is 5.40. The first-order valence-electron chi connectivity index (χ1n) is 5.61. The second-order valence-corrected chi connectivity index (χ2v) is 6.99. The highest BCUT2D eigenvalue weighted by Crippen LogP contribution is 2.59. The lowest BCUT2D eigenvalue weighted by Gasteiger charge is -2.34. The van der Waals surface area contributed by atoms with Crippen molar-refractivity contribution in [2.24, 2.45) is 5.73 Å². The summed E-state index contributed by atoms with van der Waals surface area (Å²) in [6.07, 6.45) is 2.64. The minimum Gasteiger partial charge on any atom is -0.327 e. The largest absolute Gasteiger partial charge is 0.327 e. The number of nitrogens with two attached hydrogens (primary N) is 1. The number of nitrogens with zero attached hydrogens (tertiary/aromatic N) is 2. The molecule has 1 aromatic rings. The number of fused-ring (bicyclic) bond motifs is 1. The van der Waals surface area contributed by atoms with Crippen molar-refractivity contribution in [1.29, 1.82) is 0 Å². The van der Waals surface area contributed by atoms with Crippen LogP contribution < -0.4 is 5.73 Å². The highest BCUT2D eigenvalue weighted by Gasteiger charge is 2.48. The highest BCUT2D eigenvalue weighted by molar-refractivity contribution is 7.47. The number of hydrogen-bond acceptors (Lipinski definition) is 3. The van der Waals surface area contributed by atoms with Crippen LogP contribution in [0.25, 0.3) is 0 Å². The minimum atomic E-state index is -2.45. The van der Waals surface area contributed by atoms with Crippen LogP contribution in [0.1, 0.15) is 35.9 Å². The molecular formula is C10H14F2N3P. The van der Waals surface area contributed by atoms with Gasteiger partial charge >= 0.3 is 0 Å². The van der Waals surface area contributed by atoms with E-state index in [4.69, 9.17) is 5.73 Å². The van der Waals surface area contributed by atoms with Crippen LogP contribution in [0.5, 0.6) is 0 Å². The quantitative estimate of drug-likeness (QED) is 0.825. The molecule has 0 amide bonds. The molecule has 6 heteroatoms. The van der Waals surface area contributed by atoms with E-state index < -0.39 is 13.6 Å². The Balaban J connectivity index is 1.82. The third kappa shape index (κ3) is 1.66. The fourth-order valence-electron chi connectivity index (χ4n) is 2.53. The second kappa shape index (κ2) is 3.47. The normalized spacial score (nSPS) is 29.7. The molecular weight excluding hydrogens is 231 g/mol. The van der Waals surface area contributed by atoms with Crippen molar-refractivity contribution >= 4 is 7.69 Å². The van der Waals surface area contributed by atoms with Crippen molar-refractivity contribution < 1.29 is 8.78 Å². The van der Waals surface area contributed by atoms with E-state index in [1.54, 1.807) is 0 Å². The van der Waals surface area contributed by atoms with Crippen molar-refractivity contribution in [3.8, 4) is 0 Å². The van der Waals surface area contributed by atoms with Crippen molar-refractivity contribution in [3.63, 3.8) is 0 Å². The zero-order chi connectivity index (χ0) is 11.3. The molecule has 2 N–H and O–H groups in total. The Hall–Kier alpha value is -0.540. The first kappa shape index (κ1) is 10.6. The van der Waals surface area contributed by atoms with Gasteiger partial charge in [-0.15, -0.1) is 4.86 Å². The van der Waals surface area contributed by atoms with Crippen molar-refractivity contribution in [3.05, 3.63) is 11.0 Å². The van der Waals surface area contributed by atoms with Gasteiger partial charge in [0.25, 0.3) is 0 Å². The van der Waals surface area contributed by atoms with Gasteiger partial charge < -0.3 is 5.73 Å². The number of alkyl halides is 2. The highest BCUT2D eigenvalue weighted by atomic mass is 31.1. The maximum Gasteiger partial charge on any atom is 0.250 e. The minimum absolute atomic E-state index is 0.000553. The summed E-state index contributed by atoms with van der Waals surface area (Å²) in [6, 6.07) is 0.176. The Morgan fingerprint density at radius 1 is 1.38 bits per heavy atom. The van der Waals surface area contributed by atoms with Crippen molar-refractivity contribution in [2.45, 2.75) is 49.7 Å². The van der Waals surface area contributed by atoms with Crippen LogP contribution in [0, 0.1) is 0 Å². The molecule has 16 heavy (non-hydrogen) atoms. The van der Waals surface area contributed by atoms with Crippen LogP contribution in [0.3, 0.4) is 0 Å². The van der Waals surface area contributed by atoms with Crippen LogP contribution in [-0.2, 0) is 12.8 Å². The van der Waals surface area contributed by atoms with E-state index >= 15 is 0 Å². The lowest BCUT2D eigenvalue weighted by molar-refractivity contribution is -0.0761. The predicted octanol–water partition coefficient (Wildman–Crippen LogP) is 2.25. The molecule has 0 bridgehead atoms. The van der Waals surface area contributed by atoms with Gasteiger partial charge in [-0.3, -0.25) is 0 Å². The smallest absolute Gasteiger partial charge is 0.250 e. The van der Waals surface area contributed by atoms with Crippen LogP contribution in [0.15, 0.2) is 0 Å². The number of hydrogen-bond donors (Lipinski definition) is 1. The Bertz CT molecular complexity index is 410. The molecule has 2 unspecified atom stereocenters. The maximum atomic E-state index is 12.8. The second-order valence-electron chi connectivity index (χ2n) is 4.85. The van der Waals surface area contributed by atoms with E-state index in [0.717, 1.165) is 25.0 Å². The fourth-order valence-corrected chi connectivity index (χ4v) is 5.07. The SMILES string of the molecule is NC1CCc2c(nnp2C2CC(F)(F)C2)C1. The van der Waals surface area contributed by atoms with Crippen LogP contribution in [0.2, 0.25) is 0 Å². The molecule has 2 aliphatic carbocycles. The summed E-state index contributed by atoms with van der Waals surface area (Å²) < 4.78 is 25.7. The monoisotopic (exact) mass is 245 g/mol. The summed E-state index contributed by atoms with van der Waals surface area (Å²) in [5.41, 5.74) is 6.92. The van der Waals surface area contributed by atoms with Gasteiger partial charge in [-0.1, -0.05) is 0 Å². The lowest BCUT2D eigenvalue weighted by Crippen LogP contribution is -2.31. The van der Waals surface area contributed by atoms with Gasteiger partial charge in [0.2, 0.25) is 5.92 Å². The molecule has 1 saturated carbocycles. The molecule has 1 aromatic heterocycles. The van der Waals surface area contributed by atoms with Gasteiger partial charge in [0.15, 0.2) is 0 Å². The molecule has 3 rings (SSSR count). The Labute approximate surface area is 93.5 Å². The van der Waals surface area contributed by atoms with E-state index in [0.29, 0.717) is 0 Å². The van der Waals surface area contributed by atoms with Gasteiger partial charge in [-0.25, -0.2) is 8.78 Å². The van der Waals surface area contributed by atoms with E-state index in [9.17, 15) is 8.78 Å². The molecule has 2 atom stereocenters. The zero-order valence-corrected chi connectivity index (χ0v) is 9.76. The zero-order valence-electron chi connectivity index (χ0n) is 8.87. The van der Waals surface area contributed by atoms with E-state index in [-0.39, 0.29) is 24.5 Å². The average molecular weight is 245 g/mol. The molecule has 0 aliphatic heterocycles. The molecule has 0 radical (unpaired) electrons. The van der Waals surface area contributed by atoms with Gasteiger partial charge in [-0.05, 0) is 12.8 Å². The number of aromatic nitrogens is 2. The Kier molecular flexibility index (Phi) is 2.30. The first-order chi connectivity index (χ1) is 7.55. The third-order valence-electron chi connectivity index (χ3n) is 3.49. The molecule has 1 fully saturated rings. The topological polar surface area (TPSA) is 51.8 Å². The van der Waals surface area contributed by atoms with Crippen molar-refractivity contribution in [2.75, 3.05) is 0 Å². The molecule has 0 spiro atoms. The van der Waals surface area contributed by atoms with Crippen LogP contribution in [-0.4, -0.2) is 21.9 Å². The fraction of sp³-hybridized carbons (Fsp3) is 0.800. The van der Waals surface area contributed by atoms with E-state index in [1.807, 2.05) is 0 Å².